The van der Waals surface area contributed by atoms with Crippen molar-refractivity contribution in [1.82, 2.24) is 18.9 Å². The van der Waals surface area contributed by atoms with Crippen LogP contribution in [0.5, 0.6) is 0 Å². The number of rotatable bonds is 1. The number of hydrogen-bond acceptors (Lipinski definition) is 2. The summed E-state index contributed by atoms with van der Waals surface area (Å²) in [6.45, 7) is 0. The summed E-state index contributed by atoms with van der Waals surface area (Å²) >= 11 is 0. The van der Waals surface area contributed by atoms with Crippen molar-refractivity contribution in [2.45, 2.75) is 6.42 Å². The molecule has 4 heteroatoms. The lowest BCUT2D eigenvalue weighted by molar-refractivity contribution is 1.18. The first kappa shape index (κ1) is 21.4. The van der Waals surface area contributed by atoms with E-state index < -0.39 is 0 Å². The molecule has 4 aromatic heterocycles. The van der Waals surface area contributed by atoms with Crippen LogP contribution in [0.2, 0.25) is 0 Å². The van der Waals surface area contributed by atoms with Crippen LogP contribution >= 0.6 is 0 Å². The Labute approximate surface area is 234 Å². The number of para-hydroxylation sites is 4. The molecule has 0 fully saturated rings. The molecule has 0 saturated heterocycles. The second kappa shape index (κ2) is 7.58. The van der Waals surface area contributed by atoms with E-state index in [9.17, 15) is 0 Å². The molecular weight excluding hydrogens is 500 g/mol. The van der Waals surface area contributed by atoms with Crippen molar-refractivity contribution in [2.75, 3.05) is 0 Å². The van der Waals surface area contributed by atoms with E-state index >= 15 is 0 Å². The summed E-state index contributed by atoms with van der Waals surface area (Å²) in [6.07, 6.45) is 4.82. The summed E-state index contributed by atoms with van der Waals surface area (Å²) in [6, 6.07) is 39.1. The van der Waals surface area contributed by atoms with E-state index in [1.54, 1.807) is 0 Å². The largest absolute Gasteiger partial charge is 0.309 e. The van der Waals surface area contributed by atoms with E-state index in [1.807, 2.05) is 6.20 Å². The second-order valence-electron chi connectivity index (χ2n) is 11.0. The molecule has 0 unspecified atom stereocenters. The average molecular weight is 523 g/mol. The molecular formula is C37H22N4. The fraction of sp³-hybridized carbons (Fsp3) is 0.0270. The maximum Gasteiger partial charge on any atom is 0.146 e. The Morgan fingerprint density at radius 1 is 0.610 bits per heavy atom. The Balaban J connectivity index is 1.60. The Bertz CT molecular complexity index is 2550. The van der Waals surface area contributed by atoms with Gasteiger partial charge in [0.1, 0.15) is 5.65 Å². The van der Waals surface area contributed by atoms with Crippen LogP contribution in [-0.2, 0) is 6.42 Å². The monoisotopic (exact) mass is 522 g/mol. The molecule has 0 saturated carbocycles. The van der Waals surface area contributed by atoms with Gasteiger partial charge in [-0.1, -0.05) is 72.8 Å². The van der Waals surface area contributed by atoms with Crippen LogP contribution in [0.15, 0.2) is 122 Å². The van der Waals surface area contributed by atoms with Gasteiger partial charge in [0.15, 0.2) is 0 Å². The smallest absolute Gasteiger partial charge is 0.146 e. The van der Waals surface area contributed by atoms with E-state index in [0.717, 1.165) is 34.0 Å². The van der Waals surface area contributed by atoms with Crippen LogP contribution in [-0.4, -0.2) is 18.9 Å². The van der Waals surface area contributed by atoms with Gasteiger partial charge in [0, 0.05) is 50.6 Å². The van der Waals surface area contributed by atoms with E-state index in [1.165, 1.54) is 60.5 Å². The zero-order valence-electron chi connectivity index (χ0n) is 22.0. The average Bonchev–Trinajstić information content (AvgIpc) is 3.71. The van der Waals surface area contributed by atoms with Gasteiger partial charge in [-0.2, -0.15) is 0 Å². The van der Waals surface area contributed by atoms with E-state index in [4.69, 9.17) is 4.98 Å². The van der Waals surface area contributed by atoms with E-state index in [-0.39, 0.29) is 0 Å². The van der Waals surface area contributed by atoms with Gasteiger partial charge in [0.2, 0.25) is 0 Å². The summed E-state index contributed by atoms with van der Waals surface area (Å²) in [5, 5.41) is 6.13. The molecule has 9 aromatic rings. The molecule has 0 radical (unpaired) electrons. The summed E-state index contributed by atoms with van der Waals surface area (Å²) in [7, 11) is 0. The van der Waals surface area contributed by atoms with Crippen LogP contribution in [0.1, 0.15) is 11.1 Å². The molecule has 0 spiro atoms. The highest BCUT2D eigenvalue weighted by atomic mass is 15.0. The lowest BCUT2D eigenvalue weighted by Crippen LogP contribution is -1.99. The Morgan fingerprint density at radius 2 is 1.39 bits per heavy atom. The molecule has 190 valence electrons. The zero-order chi connectivity index (χ0) is 26.7. The number of pyridine rings is 2. The number of aromatic nitrogens is 4. The number of hydrogen-bond donors (Lipinski definition) is 0. The predicted octanol–water partition coefficient (Wildman–Crippen LogP) is 8.86. The van der Waals surface area contributed by atoms with Crippen molar-refractivity contribution >= 4 is 60.2 Å². The van der Waals surface area contributed by atoms with Crippen LogP contribution < -0.4 is 0 Å². The molecule has 0 amide bonds. The minimum atomic E-state index is 0.874. The van der Waals surface area contributed by atoms with Crippen molar-refractivity contribution in [3.63, 3.8) is 0 Å². The van der Waals surface area contributed by atoms with Gasteiger partial charge < -0.3 is 4.57 Å². The predicted molar refractivity (Wildman–Crippen MR) is 168 cm³/mol. The Morgan fingerprint density at radius 3 is 2.32 bits per heavy atom. The van der Waals surface area contributed by atoms with Gasteiger partial charge in [-0.25, -0.2) is 4.98 Å². The van der Waals surface area contributed by atoms with Crippen molar-refractivity contribution in [3.8, 4) is 16.8 Å². The minimum absolute atomic E-state index is 0.874. The maximum atomic E-state index is 5.32. The molecule has 0 aliphatic heterocycles. The highest BCUT2D eigenvalue weighted by Gasteiger charge is 2.31. The van der Waals surface area contributed by atoms with Gasteiger partial charge in [-0.3, -0.25) is 9.38 Å². The van der Waals surface area contributed by atoms with Gasteiger partial charge in [0.05, 0.1) is 27.6 Å². The fourth-order valence-corrected chi connectivity index (χ4v) is 7.42. The first-order valence-corrected chi connectivity index (χ1v) is 14.1. The summed E-state index contributed by atoms with van der Waals surface area (Å²) in [5.74, 6) is 0. The summed E-state index contributed by atoms with van der Waals surface area (Å²) in [4.78, 5) is 10.00. The summed E-state index contributed by atoms with van der Waals surface area (Å²) in [5.41, 5.74) is 13.3. The van der Waals surface area contributed by atoms with E-state index in [2.05, 4.69) is 129 Å². The molecule has 0 atom stereocenters. The third-order valence-electron chi connectivity index (χ3n) is 8.98. The standard InChI is InChI=1S/C37H22N4/c1-2-11-23(12-3-1)40-29-16-8-6-14-25(29)34-33-27-21-38-19-18-30(27)41-31-17-9-7-15-28(31)39-37(41)35(33)26-20-22-10-4-5-13-24(22)32(26)36(34)40/h1-19,21H,20H2. The normalized spacial score (nSPS) is 12.8. The molecule has 0 bridgehead atoms. The SMILES string of the molecule is c1ccc(-n2c3ccccc3c3c4c5cnccc5n5c6ccccc6nc5c4c4c(c32)-c2ccccc2C4)cc1. The first-order valence-electron chi connectivity index (χ1n) is 14.1. The third-order valence-corrected chi connectivity index (χ3v) is 8.98. The van der Waals surface area contributed by atoms with Crippen LogP contribution in [0.25, 0.3) is 77.0 Å². The quantitative estimate of drug-likeness (QED) is 0.202. The molecule has 41 heavy (non-hydrogen) atoms. The Hall–Kier alpha value is -5.48. The van der Waals surface area contributed by atoms with Crippen molar-refractivity contribution in [2.24, 2.45) is 0 Å². The number of nitrogens with zero attached hydrogens (tertiary/aromatic N) is 4. The van der Waals surface area contributed by atoms with Crippen LogP contribution in [0.3, 0.4) is 0 Å². The number of imidazole rings is 1. The van der Waals surface area contributed by atoms with Crippen molar-refractivity contribution in [1.29, 1.82) is 0 Å². The van der Waals surface area contributed by atoms with Crippen LogP contribution in [0, 0.1) is 0 Å². The molecule has 5 aromatic carbocycles. The number of benzene rings is 5. The second-order valence-corrected chi connectivity index (χ2v) is 11.0. The fourth-order valence-electron chi connectivity index (χ4n) is 7.42. The number of fused-ring (bicyclic) bond motifs is 17. The van der Waals surface area contributed by atoms with Gasteiger partial charge in [-0.05, 0) is 59.5 Å². The summed E-state index contributed by atoms with van der Waals surface area (Å²) < 4.78 is 4.82. The Kier molecular flexibility index (Phi) is 3.95. The minimum Gasteiger partial charge on any atom is -0.309 e. The third kappa shape index (κ3) is 2.60. The first-order chi connectivity index (χ1) is 20.4. The van der Waals surface area contributed by atoms with Gasteiger partial charge in [-0.15, -0.1) is 0 Å². The van der Waals surface area contributed by atoms with Crippen LogP contribution in [0.4, 0.5) is 0 Å². The van der Waals surface area contributed by atoms with Crippen molar-refractivity contribution < 1.29 is 0 Å². The highest BCUT2D eigenvalue weighted by molar-refractivity contribution is 6.34. The van der Waals surface area contributed by atoms with Gasteiger partial charge >= 0.3 is 0 Å². The lowest BCUT2D eigenvalue weighted by atomic mass is 9.92. The lowest BCUT2D eigenvalue weighted by Gasteiger charge is -2.16. The molecule has 10 rings (SSSR count). The molecule has 4 heterocycles. The molecule has 0 N–H and O–H groups in total. The molecule has 1 aliphatic rings. The highest BCUT2D eigenvalue weighted by Crippen LogP contribution is 2.52. The van der Waals surface area contributed by atoms with E-state index in [0.29, 0.717) is 0 Å². The molecule has 4 nitrogen and oxygen atoms in total. The van der Waals surface area contributed by atoms with Crippen molar-refractivity contribution in [3.05, 3.63) is 133 Å². The maximum absolute atomic E-state index is 5.32. The topological polar surface area (TPSA) is 35.1 Å². The molecule has 1 aliphatic carbocycles. The zero-order valence-corrected chi connectivity index (χ0v) is 22.0. The van der Waals surface area contributed by atoms with Gasteiger partial charge in [0.25, 0.3) is 0 Å².